The highest BCUT2D eigenvalue weighted by molar-refractivity contribution is 7.99. The van der Waals surface area contributed by atoms with E-state index in [1.54, 1.807) is 36.2 Å². The van der Waals surface area contributed by atoms with Gasteiger partial charge < -0.3 is 10.2 Å². The van der Waals surface area contributed by atoms with E-state index in [0.717, 1.165) is 23.7 Å². The number of benzene rings is 1. The largest absolute Gasteiger partial charge is 0.315 e. The van der Waals surface area contributed by atoms with Crippen molar-refractivity contribution in [2.45, 2.75) is 12.5 Å². The van der Waals surface area contributed by atoms with Crippen LogP contribution in [0.2, 0.25) is 0 Å². The predicted molar refractivity (Wildman–Crippen MR) is 78.3 cm³/mol. The summed E-state index contributed by atoms with van der Waals surface area (Å²) in [5, 5.41) is 12.1. The van der Waals surface area contributed by atoms with E-state index >= 15 is 0 Å². The highest BCUT2D eigenvalue weighted by atomic mass is 32.2. The second-order valence-electron chi connectivity index (χ2n) is 4.54. The Morgan fingerprint density at radius 3 is 2.84 bits per heavy atom. The summed E-state index contributed by atoms with van der Waals surface area (Å²) in [5.74, 6) is 2.22. The molecule has 1 N–H and O–H groups in total. The van der Waals surface area contributed by atoms with Gasteiger partial charge in [-0.15, -0.1) is 0 Å². The number of rotatable bonds is 3. The highest BCUT2D eigenvalue weighted by Gasteiger charge is 2.19. The Morgan fingerprint density at radius 1 is 1.53 bits per heavy atom. The van der Waals surface area contributed by atoms with Crippen LogP contribution in [0.5, 0.6) is 0 Å². The summed E-state index contributed by atoms with van der Waals surface area (Å²) < 4.78 is 0. The minimum Gasteiger partial charge on any atom is -0.315 e. The lowest BCUT2D eigenvalue weighted by atomic mass is 10.1. The number of nitrogens with zero attached hydrogens (tertiary/aromatic N) is 2. The lowest BCUT2D eigenvalue weighted by molar-refractivity contribution is -0.118. The van der Waals surface area contributed by atoms with E-state index in [4.69, 9.17) is 5.26 Å². The predicted octanol–water partition coefficient (Wildman–Crippen LogP) is 1.62. The van der Waals surface area contributed by atoms with Crippen LogP contribution in [-0.4, -0.2) is 37.0 Å². The Kier molecular flexibility index (Phi) is 4.83. The highest BCUT2D eigenvalue weighted by Crippen LogP contribution is 2.16. The van der Waals surface area contributed by atoms with E-state index in [9.17, 15) is 4.79 Å². The van der Waals surface area contributed by atoms with Gasteiger partial charge in [0.15, 0.2) is 0 Å². The number of hydrogen-bond acceptors (Lipinski definition) is 4. The summed E-state index contributed by atoms with van der Waals surface area (Å²) >= 11 is 1.89. The van der Waals surface area contributed by atoms with Gasteiger partial charge >= 0.3 is 0 Å². The summed E-state index contributed by atoms with van der Waals surface area (Å²) in [5.41, 5.74) is 1.43. The molecule has 1 heterocycles. The van der Waals surface area contributed by atoms with Crippen LogP contribution in [0.25, 0.3) is 0 Å². The minimum absolute atomic E-state index is 0.102. The van der Waals surface area contributed by atoms with Crippen molar-refractivity contribution in [1.82, 2.24) is 5.32 Å². The minimum atomic E-state index is 0.102. The van der Waals surface area contributed by atoms with Gasteiger partial charge in [0.05, 0.1) is 11.6 Å². The topological polar surface area (TPSA) is 56.1 Å². The number of hydrogen-bond donors (Lipinski definition) is 1. The van der Waals surface area contributed by atoms with Gasteiger partial charge in [0.2, 0.25) is 5.91 Å². The molecule has 5 heteroatoms. The molecule has 1 saturated heterocycles. The standard InChI is InChI=1S/C14H17N3OS/c1-17(13-4-2-11(9-15)3-5-13)14(18)8-12-10-19-7-6-16-12/h2-5,12,16H,6-8,10H2,1H3. The number of anilines is 1. The van der Waals surface area contributed by atoms with Crippen LogP contribution < -0.4 is 10.2 Å². The van der Waals surface area contributed by atoms with Gasteiger partial charge in [-0.3, -0.25) is 4.79 Å². The fourth-order valence-electron chi connectivity index (χ4n) is 2.00. The van der Waals surface area contributed by atoms with Crippen molar-refractivity contribution < 1.29 is 4.79 Å². The van der Waals surface area contributed by atoms with Gasteiger partial charge in [-0.1, -0.05) is 0 Å². The Morgan fingerprint density at radius 2 is 2.26 bits per heavy atom. The van der Waals surface area contributed by atoms with Gasteiger partial charge in [-0.2, -0.15) is 17.0 Å². The summed E-state index contributed by atoms with van der Waals surface area (Å²) in [6.07, 6.45) is 0.517. The van der Waals surface area contributed by atoms with E-state index in [-0.39, 0.29) is 11.9 Å². The third-order valence-electron chi connectivity index (χ3n) is 3.18. The molecule has 1 aliphatic heterocycles. The molecule has 1 amide bonds. The molecule has 0 saturated carbocycles. The first-order valence-electron chi connectivity index (χ1n) is 6.28. The van der Waals surface area contributed by atoms with Gasteiger partial charge in [0, 0.05) is 43.2 Å². The number of carbonyl (C=O) groups is 1. The molecule has 0 aromatic heterocycles. The molecule has 0 spiro atoms. The summed E-state index contributed by atoms with van der Waals surface area (Å²) in [6, 6.07) is 9.41. The van der Waals surface area contributed by atoms with Crippen molar-refractivity contribution in [3.8, 4) is 6.07 Å². The van der Waals surface area contributed by atoms with Crippen molar-refractivity contribution in [2.75, 3.05) is 30.0 Å². The molecule has 1 unspecified atom stereocenters. The summed E-state index contributed by atoms with van der Waals surface area (Å²) in [4.78, 5) is 13.8. The molecule has 0 radical (unpaired) electrons. The first kappa shape index (κ1) is 13.9. The average molecular weight is 275 g/mol. The van der Waals surface area contributed by atoms with Crippen LogP contribution in [0.4, 0.5) is 5.69 Å². The van der Waals surface area contributed by atoms with E-state index in [1.165, 1.54) is 0 Å². The number of amides is 1. The van der Waals surface area contributed by atoms with Gasteiger partial charge in [-0.05, 0) is 24.3 Å². The summed E-state index contributed by atoms with van der Waals surface area (Å²) in [6.45, 7) is 0.975. The molecule has 2 rings (SSSR count). The van der Waals surface area contributed by atoms with Crippen LogP contribution in [0.1, 0.15) is 12.0 Å². The number of thioether (sulfide) groups is 1. The van der Waals surface area contributed by atoms with E-state index in [1.807, 2.05) is 11.8 Å². The molecule has 1 aliphatic rings. The first-order chi connectivity index (χ1) is 9.20. The molecular formula is C14H17N3OS. The summed E-state index contributed by atoms with van der Waals surface area (Å²) in [7, 11) is 1.78. The van der Waals surface area contributed by atoms with E-state index < -0.39 is 0 Å². The lowest BCUT2D eigenvalue weighted by Crippen LogP contribution is -2.41. The third kappa shape index (κ3) is 3.72. The maximum absolute atomic E-state index is 12.2. The Balaban J connectivity index is 1.95. The van der Waals surface area contributed by atoms with Crippen LogP contribution >= 0.6 is 11.8 Å². The van der Waals surface area contributed by atoms with Crippen molar-refractivity contribution in [1.29, 1.82) is 5.26 Å². The fourth-order valence-corrected chi connectivity index (χ4v) is 2.95. The van der Waals surface area contributed by atoms with Crippen LogP contribution in [-0.2, 0) is 4.79 Å². The van der Waals surface area contributed by atoms with Crippen LogP contribution in [0.3, 0.4) is 0 Å². The molecular weight excluding hydrogens is 258 g/mol. The van der Waals surface area contributed by atoms with Crippen molar-refractivity contribution in [2.24, 2.45) is 0 Å². The molecule has 19 heavy (non-hydrogen) atoms. The molecule has 1 fully saturated rings. The zero-order valence-electron chi connectivity index (χ0n) is 10.9. The lowest BCUT2D eigenvalue weighted by Gasteiger charge is -2.25. The Bertz CT molecular complexity index is 474. The molecule has 1 aromatic carbocycles. The number of carbonyl (C=O) groups excluding carboxylic acids is 1. The second-order valence-corrected chi connectivity index (χ2v) is 5.69. The zero-order valence-corrected chi connectivity index (χ0v) is 11.7. The maximum atomic E-state index is 12.2. The monoisotopic (exact) mass is 275 g/mol. The quantitative estimate of drug-likeness (QED) is 0.910. The van der Waals surface area contributed by atoms with Gasteiger partial charge in [0.25, 0.3) is 0 Å². The first-order valence-corrected chi connectivity index (χ1v) is 7.44. The Labute approximate surface area is 117 Å². The SMILES string of the molecule is CN(C(=O)CC1CSCCN1)c1ccc(C#N)cc1. The van der Waals surface area contributed by atoms with Crippen LogP contribution in [0, 0.1) is 11.3 Å². The second kappa shape index (κ2) is 6.60. The van der Waals surface area contributed by atoms with Gasteiger partial charge in [0.1, 0.15) is 0 Å². The van der Waals surface area contributed by atoms with Crippen LogP contribution in [0.15, 0.2) is 24.3 Å². The van der Waals surface area contributed by atoms with Crippen molar-refractivity contribution in [3.05, 3.63) is 29.8 Å². The van der Waals surface area contributed by atoms with Crippen molar-refractivity contribution >= 4 is 23.4 Å². The number of nitriles is 1. The Hall–Kier alpha value is -1.51. The molecule has 1 atom stereocenters. The molecule has 4 nitrogen and oxygen atoms in total. The normalized spacial score (nSPS) is 18.6. The average Bonchev–Trinajstić information content (AvgIpc) is 2.47. The zero-order chi connectivity index (χ0) is 13.7. The molecule has 0 aliphatic carbocycles. The maximum Gasteiger partial charge on any atom is 0.228 e. The third-order valence-corrected chi connectivity index (χ3v) is 4.31. The molecule has 0 bridgehead atoms. The molecule has 100 valence electrons. The van der Waals surface area contributed by atoms with Crippen molar-refractivity contribution in [3.63, 3.8) is 0 Å². The molecule has 1 aromatic rings. The smallest absolute Gasteiger partial charge is 0.228 e. The van der Waals surface area contributed by atoms with Gasteiger partial charge in [-0.25, -0.2) is 0 Å². The van der Waals surface area contributed by atoms with E-state index in [0.29, 0.717) is 12.0 Å². The van der Waals surface area contributed by atoms with E-state index in [2.05, 4.69) is 11.4 Å². The number of nitrogens with one attached hydrogen (secondary N) is 1. The fraction of sp³-hybridized carbons (Fsp3) is 0.429.